The largest absolute Gasteiger partial charge is 0.497 e. The molecule has 7 nitrogen and oxygen atoms in total. The third-order valence-electron chi connectivity index (χ3n) is 5.65. The molecule has 1 atom stereocenters. The Kier molecular flexibility index (Phi) is 6.72. The van der Waals surface area contributed by atoms with Crippen LogP contribution in [0.2, 0.25) is 0 Å². The Balaban J connectivity index is 1.28. The summed E-state index contributed by atoms with van der Waals surface area (Å²) >= 11 is 0. The number of carbonyl (C=O) groups is 1. The molecule has 164 valence electrons. The number of imidazole rings is 1. The van der Waals surface area contributed by atoms with E-state index >= 15 is 0 Å². The fourth-order valence-corrected chi connectivity index (χ4v) is 3.91. The molecular weight excluding hydrogens is 392 g/mol. The molecule has 1 aromatic heterocycles. The summed E-state index contributed by atoms with van der Waals surface area (Å²) < 4.78 is 11.5. The topological polar surface area (TPSA) is 79.5 Å². The molecule has 31 heavy (non-hydrogen) atoms. The van der Waals surface area contributed by atoms with Gasteiger partial charge in [-0.05, 0) is 36.8 Å². The quantitative estimate of drug-likeness (QED) is 0.582. The van der Waals surface area contributed by atoms with E-state index in [2.05, 4.69) is 27.1 Å². The van der Waals surface area contributed by atoms with Crippen molar-refractivity contribution >= 4 is 16.9 Å². The lowest BCUT2D eigenvalue weighted by molar-refractivity contribution is -0.121. The molecule has 1 amide bonds. The first-order valence-corrected chi connectivity index (χ1v) is 10.9. The first kappa shape index (κ1) is 21.2. The lowest BCUT2D eigenvalue weighted by Crippen LogP contribution is -2.36. The molecule has 2 N–H and O–H groups in total. The van der Waals surface area contributed by atoms with Gasteiger partial charge in [0.1, 0.15) is 23.4 Å². The van der Waals surface area contributed by atoms with Gasteiger partial charge in [-0.2, -0.15) is 0 Å². The Hall–Kier alpha value is -3.06. The monoisotopic (exact) mass is 422 g/mol. The molecule has 0 bridgehead atoms. The molecule has 0 radical (unpaired) electrons. The van der Waals surface area contributed by atoms with Gasteiger partial charge in [-0.25, -0.2) is 4.98 Å². The van der Waals surface area contributed by atoms with E-state index in [9.17, 15) is 4.79 Å². The highest BCUT2D eigenvalue weighted by atomic mass is 16.5. The highest BCUT2D eigenvalue weighted by molar-refractivity contribution is 5.76. The number of hydrogen-bond acceptors (Lipinski definition) is 5. The number of methoxy groups -OCH3 is 1. The number of amides is 1. The SMILES string of the molecule is CCC1CN(CCC(=O)NCCc2nc3ccccc3[nH]2)Cc2cc(OC)ccc2O1. The van der Waals surface area contributed by atoms with Gasteiger partial charge in [0, 0.05) is 44.6 Å². The van der Waals surface area contributed by atoms with E-state index in [1.165, 1.54) is 0 Å². The Bertz CT molecular complexity index is 1000. The second kappa shape index (κ2) is 9.83. The van der Waals surface area contributed by atoms with Crippen LogP contribution in [-0.2, 0) is 17.8 Å². The van der Waals surface area contributed by atoms with Gasteiger partial charge in [-0.15, -0.1) is 0 Å². The predicted octanol–water partition coefficient (Wildman–Crippen LogP) is 3.29. The zero-order chi connectivity index (χ0) is 21.6. The van der Waals surface area contributed by atoms with E-state index in [4.69, 9.17) is 9.47 Å². The van der Waals surface area contributed by atoms with Gasteiger partial charge in [-0.3, -0.25) is 9.69 Å². The molecular formula is C24H30N4O3. The van der Waals surface area contributed by atoms with E-state index in [0.717, 1.165) is 53.4 Å². The standard InChI is InChI=1S/C24H30N4O3/c1-3-18-16-28(15-17-14-19(30-2)8-9-22(17)31-18)13-11-24(29)25-12-10-23-26-20-6-4-5-7-21(20)27-23/h4-9,14,18H,3,10-13,15-16H2,1-2H3,(H,25,29)(H,26,27). The van der Waals surface area contributed by atoms with E-state index < -0.39 is 0 Å². The van der Waals surface area contributed by atoms with E-state index in [1.807, 2.05) is 42.5 Å². The minimum atomic E-state index is 0.0557. The molecule has 4 rings (SSSR count). The van der Waals surface area contributed by atoms with Crippen molar-refractivity contribution in [1.82, 2.24) is 20.2 Å². The van der Waals surface area contributed by atoms with E-state index in [1.54, 1.807) is 7.11 Å². The number of aromatic nitrogens is 2. The molecule has 2 heterocycles. The van der Waals surface area contributed by atoms with Gasteiger partial charge >= 0.3 is 0 Å². The van der Waals surface area contributed by atoms with Crippen LogP contribution in [0.5, 0.6) is 11.5 Å². The molecule has 1 aliphatic heterocycles. The van der Waals surface area contributed by atoms with Crippen LogP contribution in [0.25, 0.3) is 11.0 Å². The Morgan fingerprint density at radius 3 is 3.00 bits per heavy atom. The average Bonchev–Trinajstić information content (AvgIpc) is 3.11. The Labute approximate surface area is 182 Å². The number of nitrogens with one attached hydrogen (secondary N) is 2. The minimum absolute atomic E-state index is 0.0557. The molecule has 0 saturated heterocycles. The zero-order valence-corrected chi connectivity index (χ0v) is 18.2. The van der Waals surface area contributed by atoms with Crippen molar-refractivity contribution in [2.45, 2.75) is 38.8 Å². The summed E-state index contributed by atoms with van der Waals surface area (Å²) in [4.78, 5) is 22.5. The van der Waals surface area contributed by atoms with Crippen molar-refractivity contribution in [3.63, 3.8) is 0 Å². The second-order valence-electron chi connectivity index (χ2n) is 7.91. The van der Waals surface area contributed by atoms with Gasteiger partial charge in [0.05, 0.1) is 18.1 Å². The van der Waals surface area contributed by atoms with Crippen molar-refractivity contribution in [3.05, 3.63) is 53.9 Å². The maximum Gasteiger partial charge on any atom is 0.221 e. The second-order valence-corrected chi connectivity index (χ2v) is 7.91. The molecule has 3 aromatic rings. The van der Waals surface area contributed by atoms with Crippen LogP contribution >= 0.6 is 0 Å². The van der Waals surface area contributed by atoms with Gasteiger partial charge in [0.15, 0.2) is 0 Å². The number of para-hydroxylation sites is 2. The summed E-state index contributed by atoms with van der Waals surface area (Å²) in [5.41, 5.74) is 3.07. The van der Waals surface area contributed by atoms with Crippen molar-refractivity contribution < 1.29 is 14.3 Å². The third-order valence-corrected chi connectivity index (χ3v) is 5.65. The number of fused-ring (bicyclic) bond motifs is 2. The summed E-state index contributed by atoms with van der Waals surface area (Å²) in [5, 5.41) is 3.02. The van der Waals surface area contributed by atoms with Crippen molar-refractivity contribution in [1.29, 1.82) is 0 Å². The molecule has 2 aromatic carbocycles. The lowest BCUT2D eigenvalue weighted by Gasteiger charge is -2.22. The number of H-pyrrole nitrogens is 1. The van der Waals surface area contributed by atoms with Gasteiger partial charge < -0.3 is 19.8 Å². The average molecular weight is 423 g/mol. The van der Waals surface area contributed by atoms with Crippen molar-refractivity contribution in [3.8, 4) is 11.5 Å². The lowest BCUT2D eigenvalue weighted by atomic mass is 10.1. The summed E-state index contributed by atoms with van der Waals surface area (Å²) in [6.45, 7) is 4.93. The molecule has 0 fully saturated rings. The zero-order valence-electron chi connectivity index (χ0n) is 18.2. The fraction of sp³-hybridized carbons (Fsp3) is 0.417. The van der Waals surface area contributed by atoms with Crippen LogP contribution in [0.3, 0.4) is 0 Å². The Morgan fingerprint density at radius 1 is 1.32 bits per heavy atom. The maximum absolute atomic E-state index is 12.4. The molecule has 1 unspecified atom stereocenters. The first-order chi connectivity index (χ1) is 15.1. The highest BCUT2D eigenvalue weighted by Crippen LogP contribution is 2.29. The fourth-order valence-electron chi connectivity index (χ4n) is 3.91. The number of nitrogens with zero attached hydrogens (tertiary/aromatic N) is 2. The summed E-state index contributed by atoms with van der Waals surface area (Å²) in [6.07, 6.45) is 2.18. The van der Waals surface area contributed by atoms with E-state index in [-0.39, 0.29) is 12.0 Å². The first-order valence-electron chi connectivity index (χ1n) is 10.9. The van der Waals surface area contributed by atoms with Gasteiger partial charge in [0.25, 0.3) is 0 Å². The Morgan fingerprint density at radius 2 is 2.19 bits per heavy atom. The summed E-state index contributed by atoms with van der Waals surface area (Å²) in [6, 6.07) is 13.9. The van der Waals surface area contributed by atoms with Crippen LogP contribution in [0.15, 0.2) is 42.5 Å². The maximum atomic E-state index is 12.4. The third kappa shape index (κ3) is 5.35. The molecule has 0 saturated carbocycles. The molecule has 7 heteroatoms. The molecule has 0 aliphatic carbocycles. The van der Waals surface area contributed by atoms with Crippen LogP contribution < -0.4 is 14.8 Å². The van der Waals surface area contributed by atoms with E-state index in [0.29, 0.717) is 25.9 Å². The van der Waals surface area contributed by atoms with Crippen LogP contribution in [0, 0.1) is 0 Å². The normalized spacial score (nSPS) is 16.4. The predicted molar refractivity (Wildman–Crippen MR) is 120 cm³/mol. The number of aromatic amines is 1. The van der Waals surface area contributed by atoms with Gasteiger partial charge in [0.2, 0.25) is 5.91 Å². The van der Waals surface area contributed by atoms with Crippen molar-refractivity contribution in [2.24, 2.45) is 0 Å². The number of carbonyl (C=O) groups excluding carboxylic acids is 1. The number of benzene rings is 2. The molecule has 1 aliphatic rings. The smallest absolute Gasteiger partial charge is 0.221 e. The molecule has 0 spiro atoms. The number of ether oxygens (including phenoxy) is 2. The number of hydrogen-bond donors (Lipinski definition) is 2. The van der Waals surface area contributed by atoms with Gasteiger partial charge in [-0.1, -0.05) is 19.1 Å². The van der Waals surface area contributed by atoms with Crippen LogP contribution in [-0.4, -0.2) is 53.6 Å². The van der Waals surface area contributed by atoms with Crippen LogP contribution in [0.1, 0.15) is 31.2 Å². The van der Waals surface area contributed by atoms with Crippen molar-refractivity contribution in [2.75, 3.05) is 26.7 Å². The highest BCUT2D eigenvalue weighted by Gasteiger charge is 2.22. The summed E-state index contributed by atoms with van der Waals surface area (Å²) in [5.74, 6) is 2.67. The minimum Gasteiger partial charge on any atom is -0.497 e. The number of rotatable bonds is 8. The summed E-state index contributed by atoms with van der Waals surface area (Å²) in [7, 11) is 1.67. The van der Waals surface area contributed by atoms with Crippen LogP contribution in [0.4, 0.5) is 0 Å².